The second-order valence-electron chi connectivity index (χ2n) is 4.12. The first-order valence-electron chi connectivity index (χ1n) is 5.03. The summed E-state index contributed by atoms with van der Waals surface area (Å²) in [5.74, 6) is 0.0119. The Bertz CT molecular complexity index is 280. The number of ketones is 3. The minimum atomic E-state index is -0.814. The number of hydrogen-bond donors (Lipinski definition) is 0. The fourth-order valence-corrected chi connectivity index (χ4v) is 2.13. The van der Waals surface area contributed by atoms with E-state index in [1.54, 1.807) is 0 Å². The molecule has 0 aromatic carbocycles. The molecule has 14 heavy (non-hydrogen) atoms. The van der Waals surface area contributed by atoms with Gasteiger partial charge in [0.25, 0.3) is 0 Å². The fraction of sp³-hybridized carbons (Fsp3) is 0.727. The van der Waals surface area contributed by atoms with Gasteiger partial charge in [-0.1, -0.05) is 0 Å². The summed E-state index contributed by atoms with van der Waals surface area (Å²) in [5.41, 5.74) is -0.814. The topological polar surface area (TPSA) is 51.2 Å². The van der Waals surface area contributed by atoms with E-state index in [4.69, 9.17) is 0 Å². The van der Waals surface area contributed by atoms with Crippen LogP contribution in [0.15, 0.2) is 0 Å². The van der Waals surface area contributed by atoms with Crippen LogP contribution in [0.3, 0.4) is 0 Å². The minimum absolute atomic E-state index is 0.0336. The molecule has 3 nitrogen and oxygen atoms in total. The molecule has 78 valence electrons. The van der Waals surface area contributed by atoms with E-state index in [9.17, 15) is 14.4 Å². The maximum atomic E-state index is 11.6. The Balaban J connectivity index is 2.77. The smallest absolute Gasteiger partial charge is 0.146 e. The number of carbonyl (C=O) groups excluding carboxylic acids is 3. The lowest BCUT2D eigenvalue weighted by Crippen LogP contribution is -2.33. The highest BCUT2D eigenvalue weighted by molar-refractivity contribution is 6.07. The van der Waals surface area contributed by atoms with Crippen LogP contribution in [0, 0.1) is 5.41 Å². The molecular weight excluding hydrogens is 180 g/mol. The van der Waals surface area contributed by atoms with Gasteiger partial charge in [0.2, 0.25) is 0 Å². The molecule has 0 bridgehead atoms. The van der Waals surface area contributed by atoms with Gasteiger partial charge in [0, 0.05) is 12.8 Å². The molecule has 1 unspecified atom stereocenters. The first-order chi connectivity index (χ1) is 6.49. The largest absolute Gasteiger partial charge is 0.300 e. The quantitative estimate of drug-likeness (QED) is 0.643. The third-order valence-electron chi connectivity index (χ3n) is 3.12. The summed E-state index contributed by atoms with van der Waals surface area (Å²) in [7, 11) is 0. The molecular formula is C11H16O3. The molecule has 0 aromatic rings. The summed E-state index contributed by atoms with van der Waals surface area (Å²) < 4.78 is 0. The monoisotopic (exact) mass is 196 g/mol. The summed E-state index contributed by atoms with van der Waals surface area (Å²) in [6.45, 7) is 2.95. The Hall–Kier alpha value is -0.990. The zero-order valence-electron chi connectivity index (χ0n) is 8.76. The van der Waals surface area contributed by atoms with Crippen LogP contribution in [0.4, 0.5) is 0 Å². The molecule has 3 heteroatoms. The van der Waals surface area contributed by atoms with Crippen LogP contribution in [0.25, 0.3) is 0 Å². The molecule has 0 heterocycles. The van der Waals surface area contributed by atoms with Crippen molar-refractivity contribution in [2.45, 2.75) is 46.0 Å². The van der Waals surface area contributed by atoms with Gasteiger partial charge in [-0.15, -0.1) is 0 Å². The summed E-state index contributed by atoms with van der Waals surface area (Å²) in [5, 5.41) is 0. The van der Waals surface area contributed by atoms with Crippen LogP contribution in [-0.4, -0.2) is 17.3 Å². The van der Waals surface area contributed by atoms with Crippen molar-refractivity contribution in [2.75, 3.05) is 0 Å². The van der Waals surface area contributed by atoms with E-state index < -0.39 is 5.41 Å². The number of Topliss-reactive ketones (excluding diaryl/α,β-unsaturated/α-hetero) is 3. The van der Waals surface area contributed by atoms with Gasteiger partial charge in [0.1, 0.15) is 17.3 Å². The van der Waals surface area contributed by atoms with E-state index in [1.165, 1.54) is 13.8 Å². The molecule has 0 amide bonds. The molecule has 0 N–H and O–H groups in total. The summed E-state index contributed by atoms with van der Waals surface area (Å²) in [4.78, 5) is 33.9. The van der Waals surface area contributed by atoms with Crippen molar-refractivity contribution < 1.29 is 14.4 Å². The Kier molecular flexibility index (Phi) is 3.19. The molecule has 1 rings (SSSR count). The van der Waals surface area contributed by atoms with Gasteiger partial charge in [-0.3, -0.25) is 9.59 Å². The lowest BCUT2D eigenvalue weighted by Gasteiger charge is -2.23. The molecule has 0 aromatic heterocycles. The van der Waals surface area contributed by atoms with E-state index in [2.05, 4.69) is 0 Å². The molecule has 0 spiro atoms. The van der Waals surface area contributed by atoms with E-state index in [0.717, 1.165) is 6.42 Å². The van der Waals surface area contributed by atoms with Gasteiger partial charge in [-0.25, -0.2) is 0 Å². The van der Waals surface area contributed by atoms with Gasteiger partial charge in [0.05, 0.1) is 5.41 Å². The SMILES string of the molecule is CC(=O)CCC1(C(C)=O)CCCC1=O. The molecule has 0 saturated heterocycles. The Labute approximate surface area is 83.9 Å². The highest BCUT2D eigenvalue weighted by Crippen LogP contribution is 2.39. The lowest BCUT2D eigenvalue weighted by molar-refractivity contribution is -0.138. The summed E-state index contributed by atoms with van der Waals surface area (Å²) in [6, 6.07) is 0. The summed E-state index contributed by atoms with van der Waals surface area (Å²) >= 11 is 0. The minimum Gasteiger partial charge on any atom is -0.300 e. The highest BCUT2D eigenvalue weighted by atomic mass is 16.2. The molecule has 1 aliphatic carbocycles. The normalized spacial score (nSPS) is 26.6. The Morgan fingerprint density at radius 2 is 2.00 bits per heavy atom. The molecule has 0 radical (unpaired) electrons. The predicted molar refractivity (Wildman–Crippen MR) is 51.9 cm³/mol. The third-order valence-corrected chi connectivity index (χ3v) is 3.12. The van der Waals surface area contributed by atoms with Crippen molar-refractivity contribution in [3.8, 4) is 0 Å². The van der Waals surface area contributed by atoms with Crippen molar-refractivity contribution in [1.29, 1.82) is 0 Å². The average molecular weight is 196 g/mol. The highest BCUT2D eigenvalue weighted by Gasteiger charge is 2.45. The van der Waals surface area contributed by atoms with Gasteiger partial charge >= 0.3 is 0 Å². The van der Waals surface area contributed by atoms with Gasteiger partial charge < -0.3 is 4.79 Å². The van der Waals surface area contributed by atoms with E-state index >= 15 is 0 Å². The second-order valence-corrected chi connectivity index (χ2v) is 4.12. The third kappa shape index (κ3) is 1.91. The maximum absolute atomic E-state index is 11.6. The second kappa shape index (κ2) is 4.03. The van der Waals surface area contributed by atoms with Gasteiger partial charge in [-0.05, 0) is 33.1 Å². The fourth-order valence-electron chi connectivity index (χ4n) is 2.13. The lowest BCUT2D eigenvalue weighted by atomic mass is 9.77. The van der Waals surface area contributed by atoms with E-state index in [1.807, 2.05) is 0 Å². The van der Waals surface area contributed by atoms with Crippen molar-refractivity contribution in [1.82, 2.24) is 0 Å². The molecule has 0 aliphatic heterocycles. The average Bonchev–Trinajstić information content (AvgIpc) is 2.44. The van der Waals surface area contributed by atoms with Crippen LogP contribution in [-0.2, 0) is 14.4 Å². The van der Waals surface area contributed by atoms with E-state index in [-0.39, 0.29) is 17.3 Å². The molecule has 1 aliphatic rings. The van der Waals surface area contributed by atoms with Gasteiger partial charge in [0.15, 0.2) is 0 Å². The van der Waals surface area contributed by atoms with Crippen molar-refractivity contribution in [3.63, 3.8) is 0 Å². The van der Waals surface area contributed by atoms with Crippen LogP contribution in [0.1, 0.15) is 46.0 Å². The first-order valence-corrected chi connectivity index (χ1v) is 5.03. The van der Waals surface area contributed by atoms with E-state index in [0.29, 0.717) is 25.7 Å². The van der Waals surface area contributed by atoms with Crippen LogP contribution in [0.2, 0.25) is 0 Å². The van der Waals surface area contributed by atoms with Crippen LogP contribution in [0.5, 0.6) is 0 Å². The maximum Gasteiger partial charge on any atom is 0.146 e. The molecule has 1 atom stereocenters. The van der Waals surface area contributed by atoms with Crippen molar-refractivity contribution in [2.24, 2.45) is 5.41 Å². The zero-order valence-corrected chi connectivity index (χ0v) is 8.76. The predicted octanol–water partition coefficient (Wildman–Crippen LogP) is 1.68. The molecule has 1 saturated carbocycles. The van der Waals surface area contributed by atoms with Crippen LogP contribution < -0.4 is 0 Å². The molecule has 1 fully saturated rings. The van der Waals surface area contributed by atoms with Gasteiger partial charge in [-0.2, -0.15) is 0 Å². The standard InChI is InChI=1S/C11H16O3/c1-8(12)5-7-11(9(2)13)6-3-4-10(11)14/h3-7H2,1-2H3. The summed E-state index contributed by atoms with van der Waals surface area (Å²) in [6.07, 6.45) is 2.67. The van der Waals surface area contributed by atoms with Crippen molar-refractivity contribution >= 4 is 17.3 Å². The Morgan fingerprint density at radius 1 is 1.36 bits per heavy atom. The first kappa shape index (κ1) is 11.1. The number of hydrogen-bond acceptors (Lipinski definition) is 3. The van der Waals surface area contributed by atoms with Crippen molar-refractivity contribution in [3.05, 3.63) is 0 Å². The zero-order chi connectivity index (χ0) is 10.8. The number of carbonyl (C=O) groups is 3. The number of rotatable bonds is 4. The Morgan fingerprint density at radius 3 is 2.36 bits per heavy atom. The van der Waals surface area contributed by atoms with Crippen LogP contribution >= 0.6 is 0 Å².